The maximum atomic E-state index is 13.4. The Labute approximate surface area is 112 Å². The third-order valence-electron chi connectivity index (χ3n) is 2.28. The molecule has 98 valence electrons. The number of rotatable bonds is 2. The molecule has 7 heteroatoms. The Kier molecular flexibility index (Phi) is 3.62. The van der Waals surface area contributed by atoms with Gasteiger partial charge in [0.05, 0.1) is 10.7 Å². The summed E-state index contributed by atoms with van der Waals surface area (Å²) in [5.74, 6) is -2.91. The second kappa shape index (κ2) is 5.19. The molecule has 1 heterocycles. The zero-order chi connectivity index (χ0) is 14.0. The number of benzene rings is 1. The molecule has 0 fully saturated rings. The van der Waals surface area contributed by atoms with E-state index in [4.69, 9.17) is 17.3 Å². The zero-order valence-corrected chi connectivity index (χ0v) is 10.2. The number of anilines is 2. The minimum Gasteiger partial charge on any atom is -0.384 e. The highest BCUT2D eigenvalue weighted by molar-refractivity contribution is 6.34. The number of pyridine rings is 1. The summed E-state index contributed by atoms with van der Waals surface area (Å²) in [5.41, 5.74) is 4.97. The molecule has 4 nitrogen and oxygen atoms in total. The third kappa shape index (κ3) is 2.79. The van der Waals surface area contributed by atoms with Crippen LogP contribution in [0.1, 0.15) is 10.5 Å². The van der Waals surface area contributed by atoms with Gasteiger partial charge in [0, 0.05) is 0 Å². The van der Waals surface area contributed by atoms with Crippen LogP contribution in [0.15, 0.2) is 30.3 Å². The van der Waals surface area contributed by atoms with Crippen LogP contribution < -0.4 is 11.1 Å². The van der Waals surface area contributed by atoms with Gasteiger partial charge in [0.1, 0.15) is 11.5 Å². The van der Waals surface area contributed by atoms with Crippen LogP contribution in [0.5, 0.6) is 0 Å². The summed E-state index contributed by atoms with van der Waals surface area (Å²) in [5, 5.41) is 2.24. The molecule has 0 aliphatic rings. The Morgan fingerprint density at radius 2 is 2.00 bits per heavy atom. The van der Waals surface area contributed by atoms with Crippen molar-refractivity contribution in [1.82, 2.24) is 4.98 Å². The maximum absolute atomic E-state index is 13.4. The average molecular weight is 284 g/mol. The quantitative estimate of drug-likeness (QED) is 0.890. The highest BCUT2D eigenvalue weighted by Crippen LogP contribution is 2.20. The standard InChI is InChI=1S/C12H8ClF2N3O/c13-6-4-5-9(16)18-11(6)12(19)17-8-3-1-2-7(14)10(8)15/h1-5H,(H2,16,18)(H,17,19). The van der Waals surface area contributed by atoms with E-state index in [2.05, 4.69) is 10.3 Å². The van der Waals surface area contributed by atoms with Crippen LogP contribution in [0, 0.1) is 11.6 Å². The summed E-state index contributed by atoms with van der Waals surface area (Å²) >= 11 is 5.78. The first kappa shape index (κ1) is 13.2. The van der Waals surface area contributed by atoms with Gasteiger partial charge in [-0.2, -0.15) is 0 Å². The van der Waals surface area contributed by atoms with Crippen LogP contribution in [0.25, 0.3) is 0 Å². The van der Waals surface area contributed by atoms with E-state index in [0.29, 0.717) is 0 Å². The van der Waals surface area contributed by atoms with Crippen molar-refractivity contribution in [2.45, 2.75) is 0 Å². The van der Waals surface area contributed by atoms with Crippen LogP contribution in [0.3, 0.4) is 0 Å². The van der Waals surface area contributed by atoms with Gasteiger partial charge in [-0.25, -0.2) is 13.8 Å². The van der Waals surface area contributed by atoms with Crippen molar-refractivity contribution in [2.75, 3.05) is 11.1 Å². The molecule has 1 amide bonds. The van der Waals surface area contributed by atoms with Gasteiger partial charge >= 0.3 is 0 Å². The predicted molar refractivity (Wildman–Crippen MR) is 68.0 cm³/mol. The molecule has 0 radical (unpaired) electrons. The number of aromatic nitrogens is 1. The van der Waals surface area contributed by atoms with E-state index in [1.807, 2.05) is 0 Å². The molecule has 0 aliphatic carbocycles. The van der Waals surface area contributed by atoms with E-state index in [-0.39, 0.29) is 22.2 Å². The molecule has 1 aromatic heterocycles. The lowest BCUT2D eigenvalue weighted by Crippen LogP contribution is -2.16. The van der Waals surface area contributed by atoms with E-state index >= 15 is 0 Å². The molecular weight excluding hydrogens is 276 g/mol. The molecule has 0 aliphatic heterocycles. The van der Waals surface area contributed by atoms with E-state index in [0.717, 1.165) is 6.07 Å². The number of carbonyl (C=O) groups excluding carboxylic acids is 1. The Balaban J connectivity index is 2.31. The van der Waals surface area contributed by atoms with Crippen LogP contribution in [-0.4, -0.2) is 10.9 Å². The summed E-state index contributed by atoms with van der Waals surface area (Å²) in [6.45, 7) is 0. The fraction of sp³-hybridized carbons (Fsp3) is 0. The molecule has 0 saturated carbocycles. The molecule has 0 atom stereocenters. The summed E-state index contributed by atoms with van der Waals surface area (Å²) in [7, 11) is 0. The topological polar surface area (TPSA) is 68.0 Å². The minimum absolute atomic E-state index is 0.0588. The van der Waals surface area contributed by atoms with Crippen LogP contribution in [0.2, 0.25) is 5.02 Å². The van der Waals surface area contributed by atoms with E-state index in [1.165, 1.54) is 24.3 Å². The Morgan fingerprint density at radius 3 is 2.74 bits per heavy atom. The number of halogens is 3. The second-order valence-electron chi connectivity index (χ2n) is 3.62. The number of carbonyl (C=O) groups is 1. The number of hydrogen-bond acceptors (Lipinski definition) is 3. The number of nitrogen functional groups attached to an aromatic ring is 1. The molecular formula is C12H8ClF2N3O. The van der Waals surface area contributed by atoms with Gasteiger partial charge in [-0.1, -0.05) is 17.7 Å². The predicted octanol–water partition coefficient (Wildman–Crippen LogP) is 2.85. The number of amides is 1. The molecule has 2 rings (SSSR count). The Morgan fingerprint density at radius 1 is 1.26 bits per heavy atom. The van der Waals surface area contributed by atoms with Crippen LogP contribution >= 0.6 is 11.6 Å². The molecule has 1 aromatic carbocycles. The number of nitrogens with two attached hydrogens (primary N) is 1. The maximum Gasteiger partial charge on any atom is 0.275 e. The van der Waals surface area contributed by atoms with Crippen molar-refractivity contribution in [1.29, 1.82) is 0 Å². The third-order valence-corrected chi connectivity index (χ3v) is 2.59. The Bertz CT molecular complexity index is 649. The highest BCUT2D eigenvalue weighted by Gasteiger charge is 2.16. The first-order chi connectivity index (χ1) is 8.99. The van der Waals surface area contributed by atoms with Crippen molar-refractivity contribution < 1.29 is 13.6 Å². The fourth-order valence-corrected chi connectivity index (χ4v) is 1.59. The van der Waals surface area contributed by atoms with Crippen LogP contribution in [-0.2, 0) is 0 Å². The molecule has 0 bridgehead atoms. The van der Waals surface area contributed by atoms with Crippen molar-refractivity contribution in [3.63, 3.8) is 0 Å². The first-order valence-electron chi connectivity index (χ1n) is 5.16. The zero-order valence-electron chi connectivity index (χ0n) is 9.45. The van der Waals surface area contributed by atoms with Crippen molar-refractivity contribution in [3.8, 4) is 0 Å². The van der Waals surface area contributed by atoms with Crippen LogP contribution in [0.4, 0.5) is 20.3 Å². The molecule has 3 N–H and O–H groups in total. The lowest BCUT2D eigenvalue weighted by atomic mass is 10.2. The lowest BCUT2D eigenvalue weighted by molar-refractivity contribution is 0.102. The fourth-order valence-electron chi connectivity index (χ4n) is 1.40. The average Bonchev–Trinajstić information content (AvgIpc) is 2.38. The summed E-state index contributed by atoms with van der Waals surface area (Å²) < 4.78 is 26.4. The van der Waals surface area contributed by atoms with Gasteiger partial charge in [0.15, 0.2) is 11.6 Å². The molecule has 0 unspecified atom stereocenters. The number of nitrogens with one attached hydrogen (secondary N) is 1. The first-order valence-corrected chi connectivity index (χ1v) is 5.54. The Hall–Kier alpha value is -2.21. The van der Waals surface area contributed by atoms with Gasteiger partial charge in [-0.3, -0.25) is 4.79 Å². The molecule has 19 heavy (non-hydrogen) atoms. The summed E-state index contributed by atoms with van der Waals surface area (Å²) in [6.07, 6.45) is 0. The number of nitrogens with zero attached hydrogens (tertiary/aromatic N) is 1. The van der Waals surface area contributed by atoms with Crippen molar-refractivity contribution in [3.05, 3.63) is 52.7 Å². The molecule has 0 saturated heterocycles. The van der Waals surface area contributed by atoms with Gasteiger partial charge < -0.3 is 11.1 Å². The SMILES string of the molecule is Nc1ccc(Cl)c(C(=O)Nc2cccc(F)c2F)n1. The van der Waals surface area contributed by atoms with Gasteiger partial charge in [-0.15, -0.1) is 0 Å². The van der Waals surface area contributed by atoms with E-state index in [9.17, 15) is 13.6 Å². The van der Waals surface area contributed by atoms with Crippen molar-refractivity contribution in [2.24, 2.45) is 0 Å². The van der Waals surface area contributed by atoms with Gasteiger partial charge in [0.25, 0.3) is 5.91 Å². The summed E-state index contributed by atoms with van der Waals surface area (Å²) in [6, 6.07) is 6.23. The second-order valence-corrected chi connectivity index (χ2v) is 4.03. The minimum atomic E-state index is -1.16. The van der Waals surface area contributed by atoms with E-state index in [1.54, 1.807) is 0 Å². The highest BCUT2D eigenvalue weighted by atomic mass is 35.5. The van der Waals surface area contributed by atoms with Gasteiger partial charge in [0.2, 0.25) is 0 Å². The van der Waals surface area contributed by atoms with E-state index < -0.39 is 17.5 Å². The lowest BCUT2D eigenvalue weighted by Gasteiger charge is -2.07. The normalized spacial score (nSPS) is 10.3. The summed E-state index contributed by atoms with van der Waals surface area (Å²) in [4.78, 5) is 15.6. The van der Waals surface area contributed by atoms with Crippen molar-refractivity contribution >= 4 is 29.0 Å². The largest absolute Gasteiger partial charge is 0.384 e. The molecule has 2 aromatic rings. The monoisotopic (exact) mass is 283 g/mol. The van der Waals surface area contributed by atoms with Gasteiger partial charge in [-0.05, 0) is 24.3 Å². The molecule has 0 spiro atoms. The number of hydrogen-bond donors (Lipinski definition) is 2. The smallest absolute Gasteiger partial charge is 0.275 e.